The van der Waals surface area contributed by atoms with E-state index in [9.17, 15) is 18.0 Å². The highest BCUT2D eigenvalue weighted by Crippen LogP contribution is 2.14. The molecule has 0 heterocycles. The first-order chi connectivity index (χ1) is 8.11. The van der Waals surface area contributed by atoms with Crippen LogP contribution in [0.1, 0.15) is 27.7 Å². The molecular formula is C12H22F3NO2. The summed E-state index contributed by atoms with van der Waals surface area (Å²) in [6.07, 6.45) is -4.39. The highest BCUT2D eigenvalue weighted by molar-refractivity contribution is 5.77. The van der Waals surface area contributed by atoms with Gasteiger partial charge in [-0.1, -0.05) is 27.7 Å². The first-order valence-corrected chi connectivity index (χ1v) is 6.04. The van der Waals surface area contributed by atoms with Crippen molar-refractivity contribution in [3.63, 3.8) is 0 Å². The third kappa shape index (κ3) is 9.27. The van der Waals surface area contributed by atoms with Gasteiger partial charge >= 0.3 is 6.18 Å². The Morgan fingerprint density at radius 3 is 1.89 bits per heavy atom. The van der Waals surface area contributed by atoms with Gasteiger partial charge < -0.3 is 9.64 Å². The fraction of sp³-hybridized carbons (Fsp3) is 0.917. The molecule has 0 aliphatic rings. The number of ether oxygens (including phenoxy) is 1. The van der Waals surface area contributed by atoms with E-state index in [1.807, 2.05) is 27.7 Å². The zero-order valence-electron chi connectivity index (χ0n) is 11.4. The topological polar surface area (TPSA) is 29.5 Å². The van der Waals surface area contributed by atoms with Gasteiger partial charge in [0.1, 0.15) is 13.2 Å². The molecular weight excluding hydrogens is 247 g/mol. The van der Waals surface area contributed by atoms with Crippen LogP contribution in [-0.2, 0) is 9.53 Å². The number of hydrogen-bond acceptors (Lipinski definition) is 2. The van der Waals surface area contributed by atoms with E-state index in [-0.39, 0.29) is 17.7 Å². The molecule has 0 unspecified atom stereocenters. The second-order valence-corrected chi connectivity index (χ2v) is 5.19. The number of carbonyl (C=O) groups is 1. The van der Waals surface area contributed by atoms with E-state index in [0.29, 0.717) is 13.1 Å². The lowest BCUT2D eigenvalue weighted by atomic mass is 10.1. The van der Waals surface area contributed by atoms with Crippen molar-refractivity contribution in [3.8, 4) is 0 Å². The van der Waals surface area contributed by atoms with Crippen LogP contribution in [0.15, 0.2) is 0 Å². The Labute approximate surface area is 106 Å². The number of hydrogen-bond donors (Lipinski definition) is 0. The molecule has 0 radical (unpaired) electrons. The quantitative estimate of drug-likeness (QED) is 0.711. The highest BCUT2D eigenvalue weighted by Gasteiger charge is 2.28. The summed E-state index contributed by atoms with van der Waals surface area (Å²) in [5, 5.41) is 0. The monoisotopic (exact) mass is 269 g/mol. The van der Waals surface area contributed by atoms with Crippen molar-refractivity contribution >= 4 is 5.91 Å². The number of rotatable bonds is 7. The molecule has 0 aromatic carbocycles. The maximum Gasteiger partial charge on any atom is 0.411 e. The smallest absolute Gasteiger partial charge is 0.362 e. The molecule has 0 saturated carbocycles. The van der Waals surface area contributed by atoms with Crippen molar-refractivity contribution in [1.82, 2.24) is 4.90 Å². The second-order valence-electron chi connectivity index (χ2n) is 5.19. The van der Waals surface area contributed by atoms with Crippen LogP contribution < -0.4 is 0 Å². The average Bonchev–Trinajstić information content (AvgIpc) is 2.12. The Morgan fingerprint density at radius 2 is 1.56 bits per heavy atom. The molecule has 6 heteroatoms. The van der Waals surface area contributed by atoms with E-state index < -0.39 is 19.4 Å². The standard InChI is InChI=1S/C12H22F3NO2/c1-9(2)5-16(6-10(3)4)11(17)7-18-8-12(13,14)15/h9-10H,5-8H2,1-4H3. The largest absolute Gasteiger partial charge is 0.411 e. The van der Waals surface area contributed by atoms with Crippen molar-refractivity contribution in [2.24, 2.45) is 11.8 Å². The predicted molar refractivity (Wildman–Crippen MR) is 63.1 cm³/mol. The molecule has 0 rings (SSSR count). The number of amides is 1. The minimum atomic E-state index is -4.39. The van der Waals surface area contributed by atoms with Crippen LogP contribution in [0.25, 0.3) is 0 Å². The van der Waals surface area contributed by atoms with Gasteiger partial charge in [0.15, 0.2) is 0 Å². The first kappa shape index (κ1) is 17.2. The summed E-state index contributed by atoms with van der Waals surface area (Å²) in [6, 6.07) is 0. The van der Waals surface area contributed by atoms with Gasteiger partial charge in [0.25, 0.3) is 0 Å². The molecule has 0 aliphatic carbocycles. The number of halogens is 3. The summed E-state index contributed by atoms with van der Waals surface area (Å²) >= 11 is 0. The third-order valence-electron chi connectivity index (χ3n) is 2.02. The van der Waals surface area contributed by atoms with E-state index in [0.717, 1.165) is 0 Å². The SMILES string of the molecule is CC(C)CN(CC(C)C)C(=O)COCC(F)(F)F. The van der Waals surface area contributed by atoms with Crippen molar-refractivity contribution in [2.45, 2.75) is 33.9 Å². The van der Waals surface area contributed by atoms with Gasteiger partial charge in [0, 0.05) is 13.1 Å². The molecule has 0 atom stereocenters. The molecule has 0 spiro atoms. The average molecular weight is 269 g/mol. The molecule has 0 saturated heterocycles. The van der Waals surface area contributed by atoms with Gasteiger partial charge in [-0.05, 0) is 11.8 Å². The Bertz CT molecular complexity index is 242. The minimum absolute atomic E-state index is 0.273. The maximum absolute atomic E-state index is 11.9. The molecule has 0 N–H and O–H groups in total. The van der Waals surface area contributed by atoms with Gasteiger partial charge in [-0.25, -0.2) is 0 Å². The van der Waals surface area contributed by atoms with E-state index in [1.54, 1.807) is 4.90 Å². The fourth-order valence-electron chi connectivity index (χ4n) is 1.51. The molecule has 1 amide bonds. The summed E-state index contributed by atoms with van der Waals surface area (Å²) < 4.78 is 40.0. The normalized spacial score (nSPS) is 12.3. The van der Waals surface area contributed by atoms with Gasteiger partial charge in [-0.2, -0.15) is 13.2 Å². The van der Waals surface area contributed by atoms with E-state index >= 15 is 0 Å². The van der Waals surface area contributed by atoms with Gasteiger partial charge in [-0.3, -0.25) is 4.79 Å². The minimum Gasteiger partial charge on any atom is -0.362 e. The van der Waals surface area contributed by atoms with Crippen molar-refractivity contribution in [1.29, 1.82) is 0 Å². The number of nitrogens with zero attached hydrogens (tertiary/aromatic N) is 1. The Balaban J connectivity index is 4.20. The molecule has 0 fully saturated rings. The van der Waals surface area contributed by atoms with Crippen molar-refractivity contribution < 1.29 is 22.7 Å². The maximum atomic E-state index is 11.9. The first-order valence-electron chi connectivity index (χ1n) is 6.04. The highest BCUT2D eigenvalue weighted by atomic mass is 19.4. The van der Waals surface area contributed by atoms with Crippen LogP contribution in [-0.4, -0.2) is 43.3 Å². The van der Waals surface area contributed by atoms with Crippen LogP contribution in [0.3, 0.4) is 0 Å². The van der Waals surface area contributed by atoms with Crippen LogP contribution in [0.4, 0.5) is 13.2 Å². The van der Waals surface area contributed by atoms with E-state index in [4.69, 9.17) is 0 Å². The molecule has 108 valence electrons. The molecule has 0 aromatic rings. The number of alkyl halides is 3. The summed E-state index contributed by atoms with van der Waals surface area (Å²) in [5.74, 6) is 0.160. The molecule has 0 aromatic heterocycles. The lowest BCUT2D eigenvalue weighted by molar-refractivity contribution is -0.178. The Morgan fingerprint density at radius 1 is 1.11 bits per heavy atom. The summed E-state index contributed by atoms with van der Waals surface area (Å²) in [5.41, 5.74) is 0. The Kier molecular flexibility index (Phi) is 7.28. The van der Waals surface area contributed by atoms with E-state index in [1.165, 1.54) is 0 Å². The second kappa shape index (κ2) is 7.61. The van der Waals surface area contributed by atoms with Crippen LogP contribution >= 0.6 is 0 Å². The molecule has 0 aliphatic heterocycles. The summed E-state index contributed by atoms with van der Waals surface area (Å²) in [4.78, 5) is 13.3. The number of carbonyl (C=O) groups excluding carboxylic acids is 1. The van der Waals surface area contributed by atoms with Crippen molar-refractivity contribution in [2.75, 3.05) is 26.3 Å². The molecule has 18 heavy (non-hydrogen) atoms. The summed E-state index contributed by atoms with van der Waals surface area (Å²) in [7, 11) is 0. The van der Waals surface area contributed by atoms with E-state index in [2.05, 4.69) is 4.74 Å². The predicted octanol–water partition coefficient (Wildman–Crippen LogP) is 2.71. The third-order valence-corrected chi connectivity index (χ3v) is 2.02. The van der Waals surface area contributed by atoms with Crippen LogP contribution in [0, 0.1) is 11.8 Å². The lowest BCUT2D eigenvalue weighted by Crippen LogP contribution is -2.39. The zero-order valence-corrected chi connectivity index (χ0v) is 11.4. The zero-order chi connectivity index (χ0) is 14.3. The molecule has 0 bridgehead atoms. The molecule has 3 nitrogen and oxygen atoms in total. The van der Waals surface area contributed by atoms with Crippen LogP contribution in [0.5, 0.6) is 0 Å². The lowest BCUT2D eigenvalue weighted by Gasteiger charge is -2.26. The van der Waals surface area contributed by atoms with Gasteiger partial charge in [0.05, 0.1) is 0 Å². The fourth-order valence-corrected chi connectivity index (χ4v) is 1.51. The van der Waals surface area contributed by atoms with Gasteiger partial charge in [0.2, 0.25) is 5.91 Å². The van der Waals surface area contributed by atoms with Crippen LogP contribution in [0.2, 0.25) is 0 Å². The van der Waals surface area contributed by atoms with Crippen molar-refractivity contribution in [3.05, 3.63) is 0 Å². The van der Waals surface area contributed by atoms with Gasteiger partial charge in [-0.15, -0.1) is 0 Å². The summed E-state index contributed by atoms with van der Waals surface area (Å²) in [6.45, 7) is 7.00. The Hall–Kier alpha value is -0.780.